The van der Waals surface area contributed by atoms with Crippen molar-refractivity contribution in [3.63, 3.8) is 0 Å². The lowest BCUT2D eigenvalue weighted by molar-refractivity contribution is -0.883. The van der Waals surface area contributed by atoms with Gasteiger partial charge in [0.15, 0.2) is 0 Å². The number of hydrogen-bond acceptors (Lipinski definition) is 4. The number of hydrogen-bond donors (Lipinski definition) is 1. The van der Waals surface area contributed by atoms with Crippen molar-refractivity contribution >= 4 is 21.8 Å². The molecule has 1 N–H and O–H groups in total. The molecular formula is C17H21FN3O2S2+. The van der Waals surface area contributed by atoms with E-state index in [2.05, 4.69) is 12.0 Å². The van der Waals surface area contributed by atoms with Crippen LogP contribution in [0, 0.1) is 5.82 Å². The second kappa shape index (κ2) is 7.82. The molecule has 25 heavy (non-hydrogen) atoms. The van der Waals surface area contributed by atoms with Crippen molar-refractivity contribution in [1.82, 2.24) is 9.29 Å². The highest BCUT2D eigenvalue weighted by molar-refractivity contribution is 7.98. The normalized spacial score (nSPS) is 16.9. The second-order valence-electron chi connectivity index (χ2n) is 6.11. The summed E-state index contributed by atoms with van der Waals surface area (Å²) in [6.45, 7) is 2.71. The third kappa shape index (κ3) is 4.58. The van der Waals surface area contributed by atoms with Crippen LogP contribution in [0.1, 0.15) is 5.56 Å². The number of benzene rings is 1. The van der Waals surface area contributed by atoms with Crippen molar-refractivity contribution in [2.75, 3.05) is 33.2 Å². The summed E-state index contributed by atoms with van der Waals surface area (Å²) in [4.78, 5) is 5.84. The van der Waals surface area contributed by atoms with Gasteiger partial charge in [-0.3, -0.25) is 0 Å². The van der Waals surface area contributed by atoms with E-state index in [1.54, 1.807) is 24.3 Å². The van der Waals surface area contributed by atoms with Crippen LogP contribution in [0.3, 0.4) is 0 Å². The monoisotopic (exact) mass is 382 g/mol. The SMILES string of the molecule is C[NH+]1CCN(S(=O)(=O)c2ccc(SCc3ccc(F)cc3)nc2)CC1. The number of quaternary nitrogens is 1. The van der Waals surface area contributed by atoms with Crippen LogP contribution in [0.2, 0.25) is 0 Å². The minimum absolute atomic E-state index is 0.234. The average molecular weight is 383 g/mol. The van der Waals surface area contributed by atoms with Crippen LogP contribution in [-0.2, 0) is 15.8 Å². The highest BCUT2D eigenvalue weighted by atomic mass is 32.2. The summed E-state index contributed by atoms with van der Waals surface area (Å²) in [7, 11) is -1.40. The Bertz CT molecular complexity index is 803. The van der Waals surface area contributed by atoms with E-state index in [4.69, 9.17) is 0 Å². The number of nitrogens with zero attached hydrogens (tertiary/aromatic N) is 2. The van der Waals surface area contributed by atoms with Gasteiger partial charge in [-0.2, -0.15) is 4.31 Å². The molecule has 1 saturated heterocycles. The topological polar surface area (TPSA) is 54.7 Å². The van der Waals surface area contributed by atoms with Crippen molar-refractivity contribution < 1.29 is 17.7 Å². The molecule has 0 radical (unpaired) electrons. The number of rotatable bonds is 5. The predicted octanol–water partition coefficient (Wildman–Crippen LogP) is 1.03. The molecule has 0 atom stereocenters. The molecule has 2 aromatic rings. The van der Waals surface area contributed by atoms with Gasteiger partial charge >= 0.3 is 0 Å². The molecule has 1 aliphatic heterocycles. The quantitative estimate of drug-likeness (QED) is 0.785. The van der Waals surface area contributed by atoms with E-state index in [0.717, 1.165) is 23.7 Å². The summed E-state index contributed by atoms with van der Waals surface area (Å²) in [5, 5.41) is 0.742. The van der Waals surface area contributed by atoms with Gasteiger partial charge in [-0.25, -0.2) is 17.8 Å². The molecule has 1 fully saturated rings. The lowest BCUT2D eigenvalue weighted by Crippen LogP contribution is -3.12. The van der Waals surface area contributed by atoms with Crippen molar-refractivity contribution in [3.8, 4) is 0 Å². The summed E-state index contributed by atoms with van der Waals surface area (Å²) >= 11 is 1.49. The lowest BCUT2D eigenvalue weighted by Gasteiger charge is -2.29. The Hall–Kier alpha value is -1.48. The fourth-order valence-electron chi connectivity index (χ4n) is 2.60. The molecule has 0 bridgehead atoms. The Morgan fingerprint density at radius 3 is 2.44 bits per heavy atom. The average Bonchev–Trinajstić information content (AvgIpc) is 2.62. The zero-order valence-electron chi connectivity index (χ0n) is 14.0. The molecule has 3 rings (SSSR count). The molecule has 1 aromatic carbocycles. The van der Waals surface area contributed by atoms with E-state index in [0.29, 0.717) is 18.8 Å². The van der Waals surface area contributed by atoms with Gasteiger partial charge in [0.05, 0.1) is 38.3 Å². The summed E-state index contributed by atoms with van der Waals surface area (Å²) in [6, 6.07) is 9.66. The maximum absolute atomic E-state index is 12.9. The Morgan fingerprint density at radius 2 is 1.84 bits per heavy atom. The van der Waals surface area contributed by atoms with Crippen LogP contribution in [0.15, 0.2) is 52.5 Å². The molecule has 1 aromatic heterocycles. The molecule has 0 spiro atoms. The Balaban J connectivity index is 1.64. The first kappa shape index (κ1) is 18.3. The van der Waals surface area contributed by atoms with Gasteiger partial charge < -0.3 is 4.90 Å². The van der Waals surface area contributed by atoms with Gasteiger partial charge in [0, 0.05) is 11.9 Å². The van der Waals surface area contributed by atoms with Crippen LogP contribution in [0.4, 0.5) is 4.39 Å². The molecule has 0 unspecified atom stereocenters. The lowest BCUT2D eigenvalue weighted by atomic mass is 10.2. The largest absolute Gasteiger partial charge is 0.335 e. The Kier molecular flexibility index (Phi) is 5.73. The van der Waals surface area contributed by atoms with Crippen LogP contribution in [0.25, 0.3) is 0 Å². The third-order valence-corrected chi connectivity index (χ3v) is 7.12. The summed E-state index contributed by atoms with van der Waals surface area (Å²) in [5.41, 5.74) is 0.991. The maximum Gasteiger partial charge on any atom is 0.245 e. The molecular weight excluding hydrogens is 361 g/mol. The van der Waals surface area contributed by atoms with Crippen molar-refractivity contribution in [2.45, 2.75) is 15.7 Å². The van der Waals surface area contributed by atoms with E-state index in [9.17, 15) is 12.8 Å². The molecule has 0 aliphatic carbocycles. The first-order valence-electron chi connectivity index (χ1n) is 8.10. The van der Waals surface area contributed by atoms with Gasteiger partial charge in [0.25, 0.3) is 0 Å². The van der Waals surface area contributed by atoms with Gasteiger partial charge in [-0.1, -0.05) is 12.1 Å². The van der Waals surface area contributed by atoms with E-state index in [-0.39, 0.29) is 10.7 Å². The molecule has 0 amide bonds. The van der Waals surface area contributed by atoms with Gasteiger partial charge in [0.1, 0.15) is 10.7 Å². The maximum atomic E-state index is 12.9. The van der Waals surface area contributed by atoms with Crippen LogP contribution in [0.5, 0.6) is 0 Å². The number of piperazine rings is 1. The summed E-state index contributed by atoms with van der Waals surface area (Å²) in [5.74, 6) is 0.396. The van der Waals surface area contributed by atoms with E-state index in [1.165, 1.54) is 39.3 Å². The number of nitrogens with one attached hydrogen (secondary N) is 1. The molecule has 0 saturated carbocycles. The number of sulfonamides is 1. The number of thioether (sulfide) groups is 1. The Labute approximate surface area is 151 Å². The van der Waals surface area contributed by atoms with Crippen LogP contribution in [-0.4, -0.2) is 50.9 Å². The highest BCUT2D eigenvalue weighted by Gasteiger charge is 2.29. The minimum atomic E-state index is -3.47. The fourth-order valence-corrected chi connectivity index (χ4v) is 4.79. The number of pyridine rings is 1. The minimum Gasteiger partial charge on any atom is -0.335 e. The number of aromatic nitrogens is 1. The van der Waals surface area contributed by atoms with Crippen molar-refractivity contribution in [2.24, 2.45) is 0 Å². The molecule has 8 heteroatoms. The van der Waals surface area contributed by atoms with Gasteiger partial charge in [0.2, 0.25) is 10.0 Å². The predicted molar refractivity (Wildman–Crippen MR) is 95.6 cm³/mol. The molecule has 5 nitrogen and oxygen atoms in total. The van der Waals surface area contributed by atoms with Gasteiger partial charge in [-0.15, -0.1) is 11.8 Å². The van der Waals surface area contributed by atoms with E-state index >= 15 is 0 Å². The summed E-state index contributed by atoms with van der Waals surface area (Å²) in [6.07, 6.45) is 1.42. The smallest absolute Gasteiger partial charge is 0.245 e. The molecule has 134 valence electrons. The number of halogens is 1. The van der Waals surface area contributed by atoms with Crippen LogP contribution < -0.4 is 4.90 Å². The first-order valence-corrected chi connectivity index (χ1v) is 10.5. The summed E-state index contributed by atoms with van der Waals surface area (Å²) < 4.78 is 39.7. The van der Waals surface area contributed by atoms with E-state index in [1.807, 2.05) is 0 Å². The van der Waals surface area contributed by atoms with Crippen molar-refractivity contribution in [3.05, 3.63) is 54.0 Å². The number of likely N-dealkylation sites (N-methyl/N-ethyl adjacent to an activating group) is 1. The van der Waals surface area contributed by atoms with E-state index < -0.39 is 10.0 Å². The standard InChI is InChI=1S/C17H20FN3O2S2/c1-20-8-10-21(11-9-20)25(22,23)16-6-7-17(19-12-16)24-13-14-2-4-15(18)5-3-14/h2-7,12H,8-11,13H2,1H3/p+1. The molecule has 2 heterocycles. The van der Waals surface area contributed by atoms with Crippen LogP contribution >= 0.6 is 11.8 Å². The Morgan fingerprint density at radius 1 is 1.16 bits per heavy atom. The van der Waals surface area contributed by atoms with Gasteiger partial charge in [-0.05, 0) is 29.8 Å². The second-order valence-corrected chi connectivity index (χ2v) is 9.04. The highest BCUT2D eigenvalue weighted by Crippen LogP contribution is 2.23. The zero-order chi connectivity index (χ0) is 17.9. The third-order valence-electron chi connectivity index (χ3n) is 4.22. The zero-order valence-corrected chi connectivity index (χ0v) is 15.6. The fraction of sp³-hybridized carbons (Fsp3) is 0.353. The molecule has 1 aliphatic rings. The first-order chi connectivity index (χ1) is 11.9. The van der Waals surface area contributed by atoms with Crippen molar-refractivity contribution in [1.29, 1.82) is 0 Å².